The largest absolute Gasteiger partial charge is 0.496 e. The van der Waals surface area contributed by atoms with E-state index in [4.69, 9.17) is 14.6 Å². The van der Waals surface area contributed by atoms with Gasteiger partial charge in [0, 0.05) is 18.9 Å². The fourth-order valence-electron chi connectivity index (χ4n) is 2.69. The van der Waals surface area contributed by atoms with Crippen molar-refractivity contribution in [2.75, 3.05) is 14.2 Å². The monoisotopic (exact) mass is 338 g/mol. The second-order valence-corrected chi connectivity index (χ2v) is 5.42. The number of hydrogen-bond acceptors (Lipinski definition) is 4. The quantitative estimate of drug-likeness (QED) is 0.746. The van der Waals surface area contributed by atoms with Crippen LogP contribution < -0.4 is 9.47 Å². The number of carboxylic acids is 1. The van der Waals surface area contributed by atoms with E-state index in [0.717, 1.165) is 17.0 Å². The molecule has 0 fully saturated rings. The lowest BCUT2D eigenvalue weighted by atomic mass is 10.1. The molecule has 0 amide bonds. The maximum atomic E-state index is 11.0. The number of hydrogen-bond donors (Lipinski definition) is 1. The van der Waals surface area contributed by atoms with Gasteiger partial charge >= 0.3 is 5.97 Å². The standard InChI is InChI=1S/C19H18N2O4/c1-24-15-4-3-5-16(25-2)17(15)18-20-10-11-21(18)12-13-6-8-14(9-7-13)19(22)23/h3-11H,12H2,1-2H3,(H,22,23). The van der Waals surface area contributed by atoms with Gasteiger partial charge in [-0.2, -0.15) is 0 Å². The molecule has 128 valence electrons. The molecule has 1 N–H and O–H groups in total. The molecule has 3 rings (SSSR count). The predicted molar refractivity (Wildman–Crippen MR) is 93.3 cm³/mol. The molecule has 0 spiro atoms. The zero-order valence-corrected chi connectivity index (χ0v) is 14.0. The third-order valence-electron chi connectivity index (χ3n) is 3.92. The number of aromatic carboxylic acids is 1. The van der Waals surface area contributed by atoms with E-state index >= 15 is 0 Å². The van der Waals surface area contributed by atoms with Crippen molar-refractivity contribution in [3.63, 3.8) is 0 Å². The minimum Gasteiger partial charge on any atom is -0.496 e. The van der Waals surface area contributed by atoms with E-state index < -0.39 is 5.97 Å². The normalized spacial score (nSPS) is 10.5. The van der Waals surface area contributed by atoms with Crippen molar-refractivity contribution in [3.8, 4) is 22.9 Å². The highest BCUT2D eigenvalue weighted by Crippen LogP contribution is 2.37. The Hall–Kier alpha value is -3.28. The molecule has 1 heterocycles. The Morgan fingerprint density at radius 2 is 1.72 bits per heavy atom. The number of ether oxygens (including phenoxy) is 2. The molecule has 0 unspecified atom stereocenters. The molecule has 0 aliphatic carbocycles. The summed E-state index contributed by atoms with van der Waals surface area (Å²) in [5.74, 6) is 1.13. The molecule has 0 aliphatic heterocycles. The van der Waals surface area contributed by atoms with Crippen LogP contribution in [0.5, 0.6) is 11.5 Å². The van der Waals surface area contributed by atoms with Crippen LogP contribution in [0, 0.1) is 0 Å². The number of carboxylic acid groups (broad SMARTS) is 1. The molecular formula is C19H18N2O4. The van der Waals surface area contributed by atoms with Gasteiger partial charge in [-0.3, -0.25) is 0 Å². The minimum atomic E-state index is -0.936. The van der Waals surface area contributed by atoms with Gasteiger partial charge in [0.1, 0.15) is 22.9 Å². The average molecular weight is 338 g/mol. The van der Waals surface area contributed by atoms with Crippen LogP contribution in [-0.2, 0) is 6.54 Å². The summed E-state index contributed by atoms with van der Waals surface area (Å²) in [6, 6.07) is 12.4. The van der Waals surface area contributed by atoms with E-state index in [9.17, 15) is 4.79 Å². The molecular weight excluding hydrogens is 320 g/mol. The van der Waals surface area contributed by atoms with Gasteiger partial charge in [-0.15, -0.1) is 0 Å². The van der Waals surface area contributed by atoms with Gasteiger partial charge in [0.2, 0.25) is 0 Å². The lowest BCUT2D eigenvalue weighted by Gasteiger charge is -2.14. The number of imidazole rings is 1. The number of benzene rings is 2. The van der Waals surface area contributed by atoms with Crippen molar-refractivity contribution in [2.24, 2.45) is 0 Å². The second kappa shape index (κ2) is 7.09. The van der Waals surface area contributed by atoms with E-state index in [1.807, 2.05) is 29.0 Å². The first-order valence-electron chi connectivity index (χ1n) is 7.68. The molecule has 0 atom stereocenters. The summed E-state index contributed by atoms with van der Waals surface area (Å²) in [6.07, 6.45) is 3.58. The third kappa shape index (κ3) is 3.33. The number of rotatable bonds is 6. The van der Waals surface area contributed by atoms with Crippen LogP contribution in [0.15, 0.2) is 54.9 Å². The minimum absolute atomic E-state index is 0.265. The molecule has 0 bridgehead atoms. The third-order valence-corrected chi connectivity index (χ3v) is 3.92. The Morgan fingerprint density at radius 1 is 1.08 bits per heavy atom. The Balaban J connectivity index is 1.98. The molecule has 2 aromatic carbocycles. The summed E-state index contributed by atoms with van der Waals surface area (Å²) >= 11 is 0. The second-order valence-electron chi connectivity index (χ2n) is 5.42. The molecule has 1 aromatic heterocycles. The molecule has 25 heavy (non-hydrogen) atoms. The molecule has 6 heteroatoms. The van der Waals surface area contributed by atoms with Crippen LogP contribution >= 0.6 is 0 Å². The first-order valence-corrected chi connectivity index (χ1v) is 7.68. The van der Waals surface area contributed by atoms with Crippen LogP contribution in [0.4, 0.5) is 0 Å². The van der Waals surface area contributed by atoms with Crippen LogP contribution in [0.3, 0.4) is 0 Å². The Bertz CT molecular complexity index is 862. The van der Waals surface area contributed by atoms with E-state index in [-0.39, 0.29) is 5.56 Å². The average Bonchev–Trinajstić information content (AvgIpc) is 3.09. The maximum Gasteiger partial charge on any atom is 0.335 e. The van der Waals surface area contributed by atoms with E-state index in [1.54, 1.807) is 44.7 Å². The smallest absolute Gasteiger partial charge is 0.335 e. The van der Waals surface area contributed by atoms with E-state index in [2.05, 4.69) is 4.98 Å². The van der Waals surface area contributed by atoms with Gasteiger partial charge < -0.3 is 19.1 Å². The van der Waals surface area contributed by atoms with Crippen molar-refractivity contribution in [3.05, 3.63) is 66.0 Å². The molecule has 0 saturated carbocycles. The van der Waals surface area contributed by atoms with Crippen LogP contribution in [-0.4, -0.2) is 34.8 Å². The van der Waals surface area contributed by atoms with Gasteiger partial charge in [0.05, 0.1) is 19.8 Å². The molecule has 6 nitrogen and oxygen atoms in total. The first-order chi connectivity index (χ1) is 12.1. The summed E-state index contributed by atoms with van der Waals surface area (Å²) < 4.78 is 12.9. The number of carbonyl (C=O) groups is 1. The van der Waals surface area contributed by atoms with Crippen LogP contribution in [0.1, 0.15) is 15.9 Å². The Labute approximate surface area is 145 Å². The zero-order chi connectivity index (χ0) is 17.8. The van der Waals surface area contributed by atoms with Gasteiger partial charge in [-0.1, -0.05) is 18.2 Å². The van der Waals surface area contributed by atoms with Crippen LogP contribution in [0.2, 0.25) is 0 Å². The highest BCUT2D eigenvalue weighted by atomic mass is 16.5. The lowest BCUT2D eigenvalue weighted by molar-refractivity contribution is 0.0697. The fourth-order valence-corrected chi connectivity index (χ4v) is 2.69. The van der Waals surface area contributed by atoms with Crippen molar-refractivity contribution in [1.29, 1.82) is 0 Å². The molecule has 0 aliphatic rings. The predicted octanol–water partition coefficient (Wildman–Crippen LogP) is 3.31. The van der Waals surface area contributed by atoms with Crippen LogP contribution in [0.25, 0.3) is 11.4 Å². The summed E-state index contributed by atoms with van der Waals surface area (Å²) in [6.45, 7) is 0.552. The zero-order valence-electron chi connectivity index (χ0n) is 14.0. The van der Waals surface area contributed by atoms with Gasteiger partial charge in [0.25, 0.3) is 0 Å². The topological polar surface area (TPSA) is 73.6 Å². The number of aromatic nitrogens is 2. The Kier molecular flexibility index (Phi) is 4.70. The first kappa shape index (κ1) is 16.6. The van der Waals surface area contributed by atoms with Crippen molar-refractivity contribution in [2.45, 2.75) is 6.54 Å². The Morgan fingerprint density at radius 3 is 2.28 bits per heavy atom. The molecule has 0 radical (unpaired) electrons. The van der Waals surface area contributed by atoms with Crippen molar-refractivity contribution >= 4 is 5.97 Å². The van der Waals surface area contributed by atoms with E-state index in [0.29, 0.717) is 18.0 Å². The SMILES string of the molecule is COc1cccc(OC)c1-c1nccn1Cc1ccc(C(=O)O)cc1. The van der Waals surface area contributed by atoms with Crippen molar-refractivity contribution < 1.29 is 19.4 Å². The summed E-state index contributed by atoms with van der Waals surface area (Å²) in [7, 11) is 3.21. The lowest BCUT2D eigenvalue weighted by Crippen LogP contribution is -2.04. The summed E-state index contributed by atoms with van der Waals surface area (Å²) in [5.41, 5.74) is 2.01. The van der Waals surface area contributed by atoms with Gasteiger partial charge in [0.15, 0.2) is 0 Å². The number of nitrogens with zero attached hydrogens (tertiary/aromatic N) is 2. The summed E-state index contributed by atoms with van der Waals surface area (Å²) in [4.78, 5) is 15.4. The van der Waals surface area contributed by atoms with Gasteiger partial charge in [-0.05, 0) is 29.8 Å². The van der Waals surface area contributed by atoms with E-state index in [1.165, 1.54) is 0 Å². The van der Waals surface area contributed by atoms with Gasteiger partial charge in [-0.25, -0.2) is 9.78 Å². The summed E-state index contributed by atoms with van der Waals surface area (Å²) in [5, 5.41) is 9.00. The van der Waals surface area contributed by atoms with Crippen molar-refractivity contribution in [1.82, 2.24) is 9.55 Å². The maximum absolute atomic E-state index is 11.0. The molecule has 3 aromatic rings. The molecule has 0 saturated heterocycles. The highest BCUT2D eigenvalue weighted by molar-refractivity contribution is 5.87. The highest BCUT2D eigenvalue weighted by Gasteiger charge is 2.17. The fraction of sp³-hybridized carbons (Fsp3) is 0.158. The number of methoxy groups -OCH3 is 2.